The fraction of sp³-hybridized carbons (Fsp3) is 0.746. The molecule has 0 aromatic heterocycles. The van der Waals surface area contributed by atoms with Gasteiger partial charge in [0.2, 0.25) is 11.4 Å². The molecule has 0 saturated heterocycles. The average molecular weight is 952 g/mol. The van der Waals surface area contributed by atoms with Crippen molar-refractivity contribution in [2.24, 2.45) is 0 Å². The Balaban J connectivity index is 0.000000995. The molecule has 1 heterocycles. The fourth-order valence-corrected chi connectivity index (χ4v) is 11.1. The number of hydrogen-bond acceptors (Lipinski definition) is 0. The van der Waals surface area contributed by atoms with Crippen LogP contribution in [0.4, 0.5) is 0 Å². The molecular weight excluding hydrogens is 843 g/mol. The molecule has 0 amide bonds. The molecule has 3 rings (SSSR count). The van der Waals surface area contributed by atoms with Gasteiger partial charge in [-0.2, -0.15) is 0 Å². The van der Waals surface area contributed by atoms with Gasteiger partial charge >= 0.3 is 90.4 Å². The van der Waals surface area contributed by atoms with E-state index >= 15 is 0 Å². The predicted molar refractivity (Wildman–Crippen MR) is 293 cm³/mol. The van der Waals surface area contributed by atoms with Gasteiger partial charge in [-0.25, -0.2) is 4.70 Å². The molecule has 0 N–H and O–H groups in total. The summed E-state index contributed by atoms with van der Waals surface area (Å²) in [6.45, 7) is 23.1. The van der Waals surface area contributed by atoms with E-state index in [0.717, 1.165) is 62.8 Å². The Labute approximate surface area is 418 Å². The summed E-state index contributed by atoms with van der Waals surface area (Å²) in [5.41, 5.74) is 29.8. The van der Waals surface area contributed by atoms with Gasteiger partial charge in [0.05, 0.1) is 0 Å². The van der Waals surface area contributed by atoms with Gasteiger partial charge in [0.1, 0.15) is 0 Å². The van der Waals surface area contributed by atoms with Gasteiger partial charge in [-0.15, -0.1) is 0 Å². The van der Waals surface area contributed by atoms with Crippen LogP contribution in [0.2, 0.25) is 10.8 Å². The predicted octanol–water partition coefficient (Wildman–Crippen LogP) is 21.5. The molecule has 1 aliphatic heterocycles. The number of hydrogen-bond donors (Lipinski definition) is 0. The van der Waals surface area contributed by atoms with Gasteiger partial charge < -0.3 is 5.53 Å². The molecule has 2 aromatic rings. The normalized spacial score (nSPS) is 12.8. The van der Waals surface area contributed by atoms with Crippen molar-refractivity contribution in [2.45, 2.75) is 305 Å². The first kappa shape index (κ1) is 60.1. The summed E-state index contributed by atoms with van der Waals surface area (Å²) in [6, 6.07) is 10.1. The Morgan fingerprint density at radius 1 is 0.318 bits per heavy atom. The summed E-state index contributed by atoms with van der Waals surface area (Å²) in [5.74, 6) is 0. The Hall–Kier alpha value is -1.99. The quantitative estimate of drug-likeness (QED) is 0.0363. The topological polar surface area (TPSA) is 25.3 Å². The zero-order chi connectivity index (χ0) is 48.2. The monoisotopic (exact) mass is 951 g/mol. The molecule has 0 fully saturated rings. The fourth-order valence-electron chi connectivity index (χ4n) is 9.91. The van der Waals surface area contributed by atoms with Crippen molar-refractivity contribution < 1.29 is 19.1 Å². The number of rotatable bonds is 39. The third kappa shape index (κ3) is 21.8. The van der Waals surface area contributed by atoms with Crippen LogP contribution in [0.3, 0.4) is 0 Å². The number of nitrogens with zero attached hydrogens (tertiary/aromatic N) is 2. The summed E-state index contributed by atoms with van der Waals surface area (Å²) in [5, 5.41) is 2.83. The maximum atomic E-state index is 12.8. The zero-order valence-corrected chi connectivity index (χ0v) is 46.7. The second-order valence-electron chi connectivity index (χ2n) is 20.0. The second-order valence-corrected chi connectivity index (χ2v) is 21.5. The first-order valence-corrected chi connectivity index (χ1v) is 30.5. The van der Waals surface area contributed by atoms with Gasteiger partial charge in [0.25, 0.3) is 0 Å². The number of allylic oxidation sites excluding steroid dienone is 2. The molecule has 2 aromatic carbocycles. The van der Waals surface area contributed by atoms with E-state index in [1.165, 1.54) is 206 Å². The summed E-state index contributed by atoms with van der Waals surface area (Å²) in [7, 11) is 0. The maximum absolute atomic E-state index is 12.8. The van der Waals surface area contributed by atoms with E-state index in [0.29, 0.717) is 0 Å². The number of benzene rings is 2. The van der Waals surface area contributed by atoms with Crippen LogP contribution in [-0.4, -0.2) is 4.70 Å². The standard InChI is InChI=1S/C51H82N2.2C6H13.Ni/c1-9-17-25-33-46-40(28-20-12-4)36-44(37-41(46)29-21-13-5)50-48(32-24-16-8)49(35-27-19-11-3)51(53(50)52)45-38-42(30-22-14-6)47(34-26-18-10-2)43(39-45)31-23-15-7;2*1-3-5-6-4-2;/h36-39H,9-35H2,1-8H3;2*1,3-6H2,2H3;. The molecule has 66 heavy (non-hydrogen) atoms. The van der Waals surface area contributed by atoms with Crippen LogP contribution in [0, 0.1) is 0 Å². The molecule has 0 radical (unpaired) electrons. The van der Waals surface area contributed by atoms with E-state index in [1.807, 2.05) is 14.4 Å². The van der Waals surface area contributed by atoms with Crippen LogP contribution in [0.15, 0.2) is 35.4 Å². The molecule has 0 spiro atoms. The van der Waals surface area contributed by atoms with E-state index in [4.69, 9.17) is 0 Å². The number of aryl methyl sites for hydroxylation is 4. The van der Waals surface area contributed by atoms with Crippen LogP contribution in [0.5, 0.6) is 0 Å². The molecule has 0 aliphatic carbocycles. The average Bonchev–Trinajstić information content (AvgIpc) is 3.60. The van der Waals surface area contributed by atoms with Crippen LogP contribution in [0.1, 0.15) is 300 Å². The first-order valence-electron chi connectivity index (χ1n) is 29.1. The minimum atomic E-state index is 1.03. The summed E-state index contributed by atoms with van der Waals surface area (Å²) in [6.07, 6.45) is 43.7. The molecule has 0 unspecified atom stereocenters. The van der Waals surface area contributed by atoms with Gasteiger partial charge in [-0.3, -0.25) is 0 Å². The summed E-state index contributed by atoms with van der Waals surface area (Å²) >= 11 is 1.99. The van der Waals surface area contributed by atoms with Crippen molar-refractivity contribution in [2.75, 3.05) is 0 Å². The molecule has 0 bridgehead atoms. The summed E-state index contributed by atoms with van der Waals surface area (Å²) in [4.78, 5) is 0. The van der Waals surface area contributed by atoms with E-state index in [9.17, 15) is 5.53 Å². The molecule has 0 atom stereocenters. The minimum absolute atomic E-state index is 1.03. The Morgan fingerprint density at radius 3 is 0.909 bits per heavy atom. The van der Waals surface area contributed by atoms with E-state index < -0.39 is 0 Å². The van der Waals surface area contributed by atoms with Crippen molar-refractivity contribution in [3.63, 3.8) is 0 Å². The molecule has 380 valence electrons. The van der Waals surface area contributed by atoms with E-state index in [-0.39, 0.29) is 0 Å². The molecule has 1 aliphatic rings. The Morgan fingerprint density at radius 2 is 0.591 bits per heavy atom. The first-order chi connectivity index (χ1) is 32.3. The van der Waals surface area contributed by atoms with E-state index in [2.05, 4.69) is 93.5 Å². The zero-order valence-electron chi connectivity index (χ0n) is 45.7. The Kier molecular flexibility index (Phi) is 35.4. The second kappa shape index (κ2) is 38.8. The third-order valence-electron chi connectivity index (χ3n) is 14.0. The van der Waals surface area contributed by atoms with Gasteiger partial charge in [0, 0.05) is 22.3 Å². The van der Waals surface area contributed by atoms with Crippen molar-refractivity contribution in [3.8, 4) is 0 Å². The van der Waals surface area contributed by atoms with Crippen molar-refractivity contribution >= 4 is 11.4 Å². The van der Waals surface area contributed by atoms with Gasteiger partial charge in [-0.1, -0.05) is 126 Å². The summed E-state index contributed by atoms with van der Waals surface area (Å²) < 4.78 is 1.71. The van der Waals surface area contributed by atoms with Crippen molar-refractivity contribution in [1.82, 2.24) is 0 Å². The molecule has 0 saturated carbocycles. The van der Waals surface area contributed by atoms with Gasteiger partial charge in [0.15, 0.2) is 0 Å². The third-order valence-corrected chi connectivity index (χ3v) is 15.4. The Bertz CT molecular complexity index is 1580. The van der Waals surface area contributed by atoms with Crippen LogP contribution < -0.4 is 0 Å². The molecule has 2 nitrogen and oxygen atoms in total. The van der Waals surface area contributed by atoms with Crippen LogP contribution >= 0.6 is 0 Å². The van der Waals surface area contributed by atoms with Crippen LogP contribution in [0.25, 0.3) is 16.9 Å². The van der Waals surface area contributed by atoms with Crippen LogP contribution in [-0.2, 0) is 53.0 Å². The SMILES string of the molecule is CCCCCC1=C(c2cc(CCCC)c(CCCCC)c(CCCC)c2)[N+](=[N-])C(c2cc(CCCC)c(CCCCC)c(CCCC)c2)=C1CCCC.CCCCC[CH2][Ni][CH2]CCCCC. The van der Waals surface area contributed by atoms with Gasteiger partial charge in [-0.05, 0) is 160 Å². The molecule has 3 heteroatoms. The molecular formula is C63H108N2Ni. The van der Waals surface area contributed by atoms with Crippen molar-refractivity contribution in [3.05, 3.63) is 85.5 Å². The van der Waals surface area contributed by atoms with E-state index in [1.54, 1.807) is 38.1 Å². The number of unbranched alkanes of at least 4 members (excludes halogenated alkanes) is 17. The van der Waals surface area contributed by atoms with Crippen molar-refractivity contribution in [1.29, 1.82) is 0 Å².